The molecule has 0 saturated carbocycles. The van der Waals surface area contributed by atoms with Gasteiger partial charge in [0, 0.05) is 24.2 Å². The number of nitro benzene ring substituents is 1. The second-order valence-corrected chi connectivity index (χ2v) is 6.92. The average molecular weight is 435 g/mol. The topological polar surface area (TPSA) is 108 Å². The minimum absolute atomic E-state index is 0.0180. The zero-order valence-corrected chi connectivity index (χ0v) is 16.8. The van der Waals surface area contributed by atoms with Gasteiger partial charge in [-0.3, -0.25) is 14.9 Å². The Morgan fingerprint density at radius 2 is 1.83 bits per heavy atom. The molecule has 158 valence electrons. The lowest BCUT2D eigenvalue weighted by molar-refractivity contribution is -0.385. The lowest BCUT2D eigenvalue weighted by Crippen LogP contribution is -2.46. The number of morpholine rings is 1. The van der Waals surface area contributed by atoms with Crippen LogP contribution < -0.4 is 4.74 Å². The zero-order chi connectivity index (χ0) is 21.7. The number of hydrogen-bond donors (Lipinski definition) is 0. The van der Waals surface area contributed by atoms with Crippen LogP contribution in [-0.2, 0) is 14.3 Å². The molecule has 2 aromatic carbocycles. The molecule has 1 heterocycles. The Hall–Kier alpha value is -3.17. The van der Waals surface area contributed by atoms with Gasteiger partial charge in [0.15, 0.2) is 6.10 Å². The number of halogens is 1. The molecule has 0 spiro atoms. The molecule has 1 unspecified atom stereocenters. The van der Waals surface area contributed by atoms with Crippen LogP contribution in [0, 0.1) is 10.1 Å². The Balaban J connectivity index is 1.63. The van der Waals surface area contributed by atoms with E-state index in [1.807, 2.05) is 0 Å². The van der Waals surface area contributed by atoms with E-state index in [9.17, 15) is 19.7 Å². The van der Waals surface area contributed by atoms with Gasteiger partial charge in [0.25, 0.3) is 5.91 Å². The summed E-state index contributed by atoms with van der Waals surface area (Å²) < 4.78 is 16.0. The van der Waals surface area contributed by atoms with Crippen molar-refractivity contribution in [1.29, 1.82) is 0 Å². The number of nitro groups is 1. The molecule has 1 fully saturated rings. The fourth-order valence-electron chi connectivity index (χ4n) is 2.83. The van der Waals surface area contributed by atoms with Crippen molar-refractivity contribution in [3.63, 3.8) is 0 Å². The molecular weight excluding hydrogens is 416 g/mol. The van der Waals surface area contributed by atoms with Gasteiger partial charge in [-0.15, -0.1) is 0 Å². The van der Waals surface area contributed by atoms with Crippen LogP contribution in [0.5, 0.6) is 11.5 Å². The average Bonchev–Trinajstić information content (AvgIpc) is 2.75. The molecule has 0 N–H and O–H groups in total. The molecule has 0 aliphatic carbocycles. The Morgan fingerprint density at radius 1 is 1.17 bits per heavy atom. The predicted octanol–water partition coefficient (Wildman–Crippen LogP) is 3.44. The van der Waals surface area contributed by atoms with Gasteiger partial charge in [-0.05, 0) is 43.3 Å². The normalized spacial score (nSPS) is 14.7. The number of esters is 1. The van der Waals surface area contributed by atoms with Gasteiger partial charge in [-0.25, -0.2) is 4.79 Å². The van der Waals surface area contributed by atoms with Crippen molar-refractivity contribution in [2.45, 2.75) is 13.0 Å². The van der Waals surface area contributed by atoms with Crippen LogP contribution in [0.2, 0.25) is 5.02 Å². The first-order valence-corrected chi connectivity index (χ1v) is 9.52. The highest BCUT2D eigenvalue weighted by Gasteiger charge is 2.25. The van der Waals surface area contributed by atoms with E-state index in [0.717, 1.165) is 0 Å². The van der Waals surface area contributed by atoms with Crippen molar-refractivity contribution in [2.24, 2.45) is 0 Å². The van der Waals surface area contributed by atoms with Crippen LogP contribution >= 0.6 is 11.6 Å². The van der Waals surface area contributed by atoms with Crippen LogP contribution in [-0.4, -0.2) is 54.1 Å². The van der Waals surface area contributed by atoms with E-state index in [-0.39, 0.29) is 33.7 Å². The maximum absolute atomic E-state index is 12.3. The van der Waals surface area contributed by atoms with Crippen molar-refractivity contribution in [3.8, 4) is 11.5 Å². The van der Waals surface area contributed by atoms with Gasteiger partial charge in [-0.1, -0.05) is 11.6 Å². The van der Waals surface area contributed by atoms with E-state index in [4.69, 9.17) is 25.8 Å². The molecule has 1 saturated heterocycles. The monoisotopic (exact) mass is 434 g/mol. The third-order valence-corrected chi connectivity index (χ3v) is 4.62. The Bertz CT molecular complexity index is 943. The molecule has 1 amide bonds. The van der Waals surface area contributed by atoms with Crippen LogP contribution in [0.4, 0.5) is 5.69 Å². The standard InChI is InChI=1S/C20H19ClN2O7/c1-13(19(24)22-8-10-28-11-9-22)29-20(25)14-2-5-16(6-3-14)30-18-7-4-15(21)12-17(18)23(26)27/h2-7,12-13H,8-11H2,1H3. The number of carbonyl (C=O) groups is 2. The highest BCUT2D eigenvalue weighted by Crippen LogP contribution is 2.33. The van der Waals surface area contributed by atoms with Crippen molar-refractivity contribution < 1.29 is 28.7 Å². The third kappa shape index (κ3) is 5.25. The van der Waals surface area contributed by atoms with Crippen molar-refractivity contribution >= 4 is 29.2 Å². The second kappa shape index (κ2) is 9.55. The SMILES string of the molecule is CC(OC(=O)c1ccc(Oc2ccc(Cl)cc2[N+](=O)[O-])cc1)C(=O)N1CCOCC1. The van der Waals surface area contributed by atoms with Crippen LogP contribution in [0.15, 0.2) is 42.5 Å². The first-order valence-electron chi connectivity index (χ1n) is 9.14. The summed E-state index contributed by atoms with van der Waals surface area (Å²) in [6, 6.07) is 9.91. The summed E-state index contributed by atoms with van der Waals surface area (Å²) in [5.41, 5.74) is -0.0592. The molecular formula is C20H19ClN2O7. The van der Waals surface area contributed by atoms with Gasteiger partial charge in [-0.2, -0.15) is 0 Å². The fraction of sp³-hybridized carbons (Fsp3) is 0.300. The van der Waals surface area contributed by atoms with Gasteiger partial charge in [0.2, 0.25) is 5.75 Å². The minimum atomic E-state index is -0.928. The molecule has 1 atom stereocenters. The number of hydrogen-bond acceptors (Lipinski definition) is 7. The van der Waals surface area contributed by atoms with Gasteiger partial charge < -0.3 is 19.1 Å². The molecule has 3 rings (SSSR count). The number of benzene rings is 2. The third-order valence-electron chi connectivity index (χ3n) is 4.39. The highest BCUT2D eigenvalue weighted by molar-refractivity contribution is 6.30. The summed E-state index contributed by atoms with van der Waals surface area (Å²) in [6.45, 7) is 3.36. The molecule has 2 aromatic rings. The molecule has 9 nitrogen and oxygen atoms in total. The van der Waals surface area contributed by atoms with Crippen molar-refractivity contribution in [3.05, 3.63) is 63.2 Å². The molecule has 10 heteroatoms. The van der Waals surface area contributed by atoms with Gasteiger partial charge in [0.05, 0.1) is 23.7 Å². The maximum Gasteiger partial charge on any atom is 0.338 e. The molecule has 0 aromatic heterocycles. The number of ether oxygens (including phenoxy) is 3. The van der Waals surface area contributed by atoms with E-state index in [1.165, 1.54) is 49.4 Å². The smallest absolute Gasteiger partial charge is 0.338 e. The Morgan fingerprint density at radius 3 is 2.47 bits per heavy atom. The van der Waals surface area contributed by atoms with Crippen LogP contribution in [0.25, 0.3) is 0 Å². The molecule has 0 radical (unpaired) electrons. The Kier molecular flexibility index (Phi) is 6.86. The highest BCUT2D eigenvalue weighted by atomic mass is 35.5. The number of carbonyl (C=O) groups excluding carboxylic acids is 2. The van der Waals surface area contributed by atoms with Gasteiger partial charge >= 0.3 is 11.7 Å². The summed E-state index contributed by atoms with van der Waals surface area (Å²) in [7, 11) is 0. The predicted molar refractivity (Wildman–Crippen MR) is 107 cm³/mol. The summed E-state index contributed by atoms with van der Waals surface area (Å²) in [5.74, 6) is -0.631. The molecule has 30 heavy (non-hydrogen) atoms. The van der Waals surface area contributed by atoms with E-state index in [0.29, 0.717) is 26.3 Å². The van der Waals surface area contributed by atoms with E-state index < -0.39 is 17.0 Å². The van der Waals surface area contributed by atoms with E-state index >= 15 is 0 Å². The van der Waals surface area contributed by atoms with E-state index in [2.05, 4.69) is 0 Å². The molecule has 0 bridgehead atoms. The number of nitrogens with zero attached hydrogens (tertiary/aromatic N) is 2. The second-order valence-electron chi connectivity index (χ2n) is 6.48. The number of rotatable bonds is 6. The van der Waals surface area contributed by atoms with Crippen molar-refractivity contribution in [2.75, 3.05) is 26.3 Å². The van der Waals surface area contributed by atoms with Crippen LogP contribution in [0.1, 0.15) is 17.3 Å². The lowest BCUT2D eigenvalue weighted by Gasteiger charge is -2.28. The quantitative estimate of drug-likeness (QED) is 0.389. The maximum atomic E-state index is 12.3. The lowest BCUT2D eigenvalue weighted by atomic mass is 10.2. The minimum Gasteiger partial charge on any atom is -0.450 e. The van der Waals surface area contributed by atoms with Crippen LogP contribution in [0.3, 0.4) is 0 Å². The number of amides is 1. The summed E-state index contributed by atoms with van der Waals surface area (Å²) in [6.07, 6.45) is -0.928. The van der Waals surface area contributed by atoms with Gasteiger partial charge in [0.1, 0.15) is 5.75 Å². The fourth-order valence-corrected chi connectivity index (χ4v) is 2.99. The Labute approximate surface area is 177 Å². The zero-order valence-electron chi connectivity index (χ0n) is 16.1. The molecule has 1 aliphatic heterocycles. The van der Waals surface area contributed by atoms with E-state index in [1.54, 1.807) is 4.90 Å². The molecule has 1 aliphatic rings. The first kappa shape index (κ1) is 21.5. The summed E-state index contributed by atoms with van der Waals surface area (Å²) >= 11 is 5.79. The summed E-state index contributed by atoms with van der Waals surface area (Å²) in [4.78, 5) is 36.8. The largest absolute Gasteiger partial charge is 0.450 e. The summed E-state index contributed by atoms with van der Waals surface area (Å²) in [5, 5.41) is 11.4. The van der Waals surface area contributed by atoms with Crippen molar-refractivity contribution in [1.82, 2.24) is 4.90 Å². The first-order chi connectivity index (χ1) is 14.3.